The van der Waals surface area contributed by atoms with Gasteiger partial charge in [-0.15, -0.1) is 0 Å². The second kappa shape index (κ2) is 6.74. The minimum Gasteiger partial charge on any atom is -0.389 e. The Morgan fingerprint density at radius 1 is 1.28 bits per heavy atom. The van der Waals surface area contributed by atoms with Crippen molar-refractivity contribution in [3.63, 3.8) is 0 Å². The molecule has 0 aliphatic carbocycles. The smallest absolute Gasteiger partial charge is 0.146 e. The van der Waals surface area contributed by atoms with Crippen LogP contribution in [-0.2, 0) is 0 Å². The fraction of sp³-hybridized carbons (Fsp3) is 0.600. The Bertz CT molecular complexity index is 379. The molecule has 0 spiro atoms. The molecule has 0 amide bonds. The predicted octanol–water partition coefficient (Wildman–Crippen LogP) is 3.75. The Morgan fingerprint density at radius 3 is 2.39 bits per heavy atom. The van der Waals surface area contributed by atoms with Crippen molar-refractivity contribution in [3.8, 4) is 0 Å². The number of hydrogen-bond acceptors (Lipinski definition) is 2. The molecule has 102 valence electrons. The standard InChI is InChI=1S/C15H24FNO/c1-5-11(3)10-17(6-2)15-8-7-13(12(4)18)9-14(15)16/h7-9,11-12,18H,5-6,10H2,1-4H3/t11?,12-/m1/s1. The Kier molecular flexibility index (Phi) is 5.60. The SMILES string of the molecule is CCC(C)CN(CC)c1ccc([C@@H](C)O)cc1F. The highest BCUT2D eigenvalue weighted by molar-refractivity contribution is 5.49. The first kappa shape index (κ1) is 15.0. The van der Waals surface area contributed by atoms with Crippen LogP contribution < -0.4 is 4.90 Å². The Hall–Kier alpha value is -1.09. The Labute approximate surface area is 109 Å². The van der Waals surface area contributed by atoms with Crippen LogP contribution in [0, 0.1) is 11.7 Å². The number of halogens is 1. The van der Waals surface area contributed by atoms with E-state index in [0.29, 0.717) is 17.2 Å². The lowest BCUT2D eigenvalue weighted by Gasteiger charge is -2.27. The summed E-state index contributed by atoms with van der Waals surface area (Å²) in [6.45, 7) is 9.64. The highest BCUT2D eigenvalue weighted by Gasteiger charge is 2.14. The molecule has 2 atom stereocenters. The highest BCUT2D eigenvalue weighted by atomic mass is 19.1. The number of benzene rings is 1. The maximum Gasteiger partial charge on any atom is 0.146 e. The number of aliphatic hydroxyl groups is 1. The van der Waals surface area contributed by atoms with Gasteiger partial charge in [0.1, 0.15) is 5.82 Å². The van der Waals surface area contributed by atoms with E-state index in [-0.39, 0.29) is 5.82 Å². The van der Waals surface area contributed by atoms with E-state index in [1.807, 2.05) is 6.92 Å². The minimum atomic E-state index is -0.627. The van der Waals surface area contributed by atoms with Gasteiger partial charge in [-0.1, -0.05) is 26.3 Å². The van der Waals surface area contributed by atoms with E-state index in [2.05, 4.69) is 18.7 Å². The van der Waals surface area contributed by atoms with Gasteiger partial charge in [0.05, 0.1) is 11.8 Å². The van der Waals surface area contributed by atoms with Crippen LogP contribution in [0.4, 0.5) is 10.1 Å². The van der Waals surface area contributed by atoms with Crippen molar-refractivity contribution in [2.45, 2.75) is 40.2 Å². The van der Waals surface area contributed by atoms with Crippen LogP contribution in [0.1, 0.15) is 45.8 Å². The highest BCUT2D eigenvalue weighted by Crippen LogP contribution is 2.24. The molecule has 18 heavy (non-hydrogen) atoms. The maximum atomic E-state index is 14.0. The van der Waals surface area contributed by atoms with E-state index in [1.165, 1.54) is 6.07 Å². The van der Waals surface area contributed by atoms with E-state index in [9.17, 15) is 9.50 Å². The largest absolute Gasteiger partial charge is 0.389 e. The molecule has 0 fully saturated rings. The van der Waals surface area contributed by atoms with Gasteiger partial charge in [0.25, 0.3) is 0 Å². The third-order valence-electron chi connectivity index (χ3n) is 3.41. The minimum absolute atomic E-state index is 0.251. The Balaban J connectivity index is 2.93. The van der Waals surface area contributed by atoms with Crippen molar-refractivity contribution in [1.82, 2.24) is 0 Å². The molecule has 0 aliphatic heterocycles. The first-order valence-corrected chi connectivity index (χ1v) is 6.72. The summed E-state index contributed by atoms with van der Waals surface area (Å²) in [5, 5.41) is 9.44. The van der Waals surface area contributed by atoms with Crippen molar-refractivity contribution in [2.24, 2.45) is 5.92 Å². The fourth-order valence-corrected chi connectivity index (χ4v) is 1.94. The summed E-state index contributed by atoms with van der Waals surface area (Å²) in [6, 6.07) is 4.99. The van der Waals surface area contributed by atoms with Gasteiger partial charge in [-0.3, -0.25) is 0 Å². The summed E-state index contributed by atoms with van der Waals surface area (Å²) in [5.74, 6) is 0.291. The Morgan fingerprint density at radius 2 is 1.94 bits per heavy atom. The molecule has 0 aromatic heterocycles. The van der Waals surface area contributed by atoms with Crippen molar-refractivity contribution in [2.75, 3.05) is 18.0 Å². The summed E-state index contributed by atoms with van der Waals surface area (Å²) >= 11 is 0. The monoisotopic (exact) mass is 253 g/mol. The van der Waals surface area contributed by atoms with Gasteiger partial charge in [-0.25, -0.2) is 4.39 Å². The van der Waals surface area contributed by atoms with Crippen LogP contribution in [0.5, 0.6) is 0 Å². The third-order valence-corrected chi connectivity index (χ3v) is 3.41. The second-order valence-corrected chi connectivity index (χ2v) is 4.94. The topological polar surface area (TPSA) is 23.5 Å². The second-order valence-electron chi connectivity index (χ2n) is 4.94. The summed E-state index contributed by atoms with van der Waals surface area (Å²) in [7, 11) is 0. The average molecular weight is 253 g/mol. The number of hydrogen-bond donors (Lipinski definition) is 1. The van der Waals surface area contributed by atoms with Crippen LogP contribution in [0.15, 0.2) is 18.2 Å². The molecule has 1 unspecified atom stereocenters. The summed E-state index contributed by atoms with van der Waals surface area (Å²) in [4.78, 5) is 2.05. The van der Waals surface area contributed by atoms with Crippen molar-refractivity contribution in [3.05, 3.63) is 29.6 Å². The van der Waals surface area contributed by atoms with E-state index < -0.39 is 6.10 Å². The number of anilines is 1. The zero-order valence-electron chi connectivity index (χ0n) is 11.8. The van der Waals surface area contributed by atoms with Gasteiger partial charge < -0.3 is 10.0 Å². The number of rotatable bonds is 6. The van der Waals surface area contributed by atoms with Crippen LogP contribution in [0.3, 0.4) is 0 Å². The predicted molar refractivity (Wildman–Crippen MR) is 74.4 cm³/mol. The van der Waals surface area contributed by atoms with Gasteiger partial charge in [0, 0.05) is 13.1 Å². The van der Waals surface area contributed by atoms with Gasteiger partial charge in [0.2, 0.25) is 0 Å². The van der Waals surface area contributed by atoms with E-state index in [1.54, 1.807) is 19.1 Å². The molecule has 0 heterocycles. The molecule has 2 nitrogen and oxygen atoms in total. The van der Waals surface area contributed by atoms with Crippen LogP contribution >= 0.6 is 0 Å². The molecule has 0 radical (unpaired) electrons. The fourth-order valence-electron chi connectivity index (χ4n) is 1.94. The van der Waals surface area contributed by atoms with E-state index in [4.69, 9.17) is 0 Å². The molecule has 0 saturated heterocycles. The summed E-state index contributed by atoms with van der Waals surface area (Å²) in [5.41, 5.74) is 1.25. The molecule has 0 aliphatic rings. The summed E-state index contributed by atoms with van der Waals surface area (Å²) in [6.07, 6.45) is 0.461. The molecule has 0 saturated carbocycles. The van der Waals surface area contributed by atoms with Crippen molar-refractivity contribution < 1.29 is 9.50 Å². The van der Waals surface area contributed by atoms with E-state index >= 15 is 0 Å². The summed E-state index contributed by atoms with van der Waals surface area (Å²) < 4.78 is 14.0. The lowest BCUT2D eigenvalue weighted by molar-refractivity contribution is 0.199. The lowest BCUT2D eigenvalue weighted by atomic mass is 10.1. The van der Waals surface area contributed by atoms with Crippen LogP contribution in [0.2, 0.25) is 0 Å². The number of aliphatic hydroxyl groups excluding tert-OH is 1. The van der Waals surface area contributed by atoms with Gasteiger partial charge in [0.15, 0.2) is 0 Å². The molecular weight excluding hydrogens is 229 g/mol. The van der Waals surface area contributed by atoms with Crippen LogP contribution in [0.25, 0.3) is 0 Å². The molecular formula is C15H24FNO. The average Bonchev–Trinajstić information content (AvgIpc) is 2.35. The van der Waals surface area contributed by atoms with E-state index in [0.717, 1.165) is 19.5 Å². The quantitative estimate of drug-likeness (QED) is 0.834. The molecule has 1 N–H and O–H groups in total. The van der Waals surface area contributed by atoms with Crippen LogP contribution in [-0.4, -0.2) is 18.2 Å². The molecule has 1 aromatic carbocycles. The third kappa shape index (κ3) is 3.70. The lowest BCUT2D eigenvalue weighted by Crippen LogP contribution is -2.28. The van der Waals surface area contributed by atoms with Gasteiger partial charge in [-0.2, -0.15) is 0 Å². The zero-order chi connectivity index (χ0) is 13.7. The first-order chi connectivity index (χ1) is 8.49. The van der Waals surface area contributed by atoms with Gasteiger partial charge >= 0.3 is 0 Å². The molecule has 0 bridgehead atoms. The van der Waals surface area contributed by atoms with Crippen molar-refractivity contribution >= 4 is 5.69 Å². The van der Waals surface area contributed by atoms with Crippen molar-refractivity contribution in [1.29, 1.82) is 0 Å². The normalized spacial score (nSPS) is 14.3. The molecule has 1 aromatic rings. The van der Waals surface area contributed by atoms with Gasteiger partial charge in [-0.05, 0) is 37.5 Å². The molecule has 3 heteroatoms. The maximum absolute atomic E-state index is 14.0. The molecule has 1 rings (SSSR count). The number of nitrogens with zero attached hydrogens (tertiary/aromatic N) is 1. The zero-order valence-corrected chi connectivity index (χ0v) is 11.8. The first-order valence-electron chi connectivity index (χ1n) is 6.72.